The number of carbonyl (C=O) groups excluding carboxylic acids is 2. The van der Waals surface area contributed by atoms with Crippen molar-refractivity contribution < 1.29 is 19.6 Å². The number of anilines is 1. The second-order valence-electron chi connectivity index (χ2n) is 7.70. The summed E-state index contributed by atoms with van der Waals surface area (Å²) in [5, 5.41) is 23.2. The third kappa shape index (κ3) is 3.10. The number of phenols is 1. The fourth-order valence-electron chi connectivity index (χ4n) is 4.36. The van der Waals surface area contributed by atoms with E-state index < -0.39 is 16.7 Å². The summed E-state index contributed by atoms with van der Waals surface area (Å²) in [6.07, 6.45) is 0. The van der Waals surface area contributed by atoms with Gasteiger partial charge in [0.25, 0.3) is 17.5 Å². The molecule has 1 heterocycles. The summed E-state index contributed by atoms with van der Waals surface area (Å²) in [7, 11) is 0. The zero-order chi connectivity index (χ0) is 23.4. The Labute approximate surface area is 196 Å². The van der Waals surface area contributed by atoms with Crippen LogP contribution in [0.5, 0.6) is 5.75 Å². The van der Waals surface area contributed by atoms with Crippen LogP contribution in [0.3, 0.4) is 0 Å². The number of nitrogens with zero attached hydrogens (tertiary/aromatic N) is 2. The van der Waals surface area contributed by atoms with Crippen molar-refractivity contribution in [2.24, 2.45) is 0 Å². The maximum Gasteiger partial charge on any atom is 0.278 e. The lowest BCUT2D eigenvalue weighted by Crippen LogP contribution is -2.40. The molecule has 162 valence electrons. The minimum atomic E-state index is -0.729. The van der Waals surface area contributed by atoms with E-state index in [1.807, 2.05) is 13.0 Å². The molecule has 5 rings (SSSR count). The Kier molecular flexibility index (Phi) is 4.75. The average Bonchev–Trinajstić information content (AvgIpc) is 2.78. The zero-order valence-electron chi connectivity index (χ0n) is 17.2. The number of nitro benzene ring substituents is 1. The van der Waals surface area contributed by atoms with Gasteiger partial charge in [-0.15, -0.1) is 0 Å². The van der Waals surface area contributed by atoms with Gasteiger partial charge in [0, 0.05) is 21.5 Å². The van der Waals surface area contributed by atoms with Crippen LogP contribution in [0.15, 0.2) is 71.2 Å². The Morgan fingerprint density at radius 3 is 2.33 bits per heavy atom. The van der Waals surface area contributed by atoms with Crippen molar-refractivity contribution in [2.45, 2.75) is 6.92 Å². The Balaban J connectivity index is 1.87. The van der Waals surface area contributed by atoms with Crippen molar-refractivity contribution >= 4 is 49.9 Å². The number of carbonyl (C=O) groups is 2. The first-order chi connectivity index (χ1) is 15.8. The minimum Gasteiger partial charge on any atom is -0.506 e. The molecule has 0 atom stereocenters. The molecule has 33 heavy (non-hydrogen) atoms. The number of benzene rings is 4. The molecule has 7 nitrogen and oxygen atoms in total. The van der Waals surface area contributed by atoms with Crippen molar-refractivity contribution in [3.05, 3.63) is 98.0 Å². The van der Waals surface area contributed by atoms with E-state index in [0.29, 0.717) is 21.9 Å². The molecule has 0 aromatic heterocycles. The predicted octanol–water partition coefficient (Wildman–Crippen LogP) is 5.99. The summed E-state index contributed by atoms with van der Waals surface area (Å²) in [4.78, 5) is 39.3. The summed E-state index contributed by atoms with van der Waals surface area (Å²) >= 11 is 3.41. The molecular weight excluding hydrogens is 488 g/mol. The summed E-state index contributed by atoms with van der Waals surface area (Å²) in [5.74, 6) is -1.58. The minimum absolute atomic E-state index is 0.0191. The molecule has 0 bridgehead atoms. The molecule has 0 radical (unpaired) electrons. The lowest BCUT2D eigenvalue weighted by Gasteiger charge is -2.28. The first-order valence-electron chi connectivity index (χ1n) is 9.97. The lowest BCUT2D eigenvalue weighted by atomic mass is 9.86. The number of hydrogen-bond donors (Lipinski definition) is 1. The van der Waals surface area contributed by atoms with E-state index in [1.54, 1.807) is 42.5 Å². The van der Waals surface area contributed by atoms with Crippen LogP contribution in [-0.2, 0) is 0 Å². The Hall–Kier alpha value is -4.04. The van der Waals surface area contributed by atoms with E-state index in [4.69, 9.17) is 0 Å². The Morgan fingerprint density at radius 1 is 0.909 bits per heavy atom. The summed E-state index contributed by atoms with van der Waals surface area (Å²) < 4.78 is 0.831. The molecule has 2 amide bonds. The van der Waals surface area contributed by atoms with E-state index in [0.717, 1.165) is 14.9 Å². The summed E-state index contributed by atoms with van der Waals surface area (Å²) in [6, 6.07) is 17.5. The average molecular weight is 503 g/mol. The quantitative estimate of drug-likeness (QED) is 0.210. The number of rotatable bonds is 3. The third-order valence-corrected chi connectivity index (χ3v) is 6.28. The van der Waals surface area contributed by atoms with Crippen LogP contribution < -0.4 is 4.90 Å². The van der Waals surface area contributed by atoms with Crippen molar-refractivity contribution in [1.29, 1.82) is 0 Å². The van der Waals surface area contributed by atoms with E-state index in [2.05, 4.69) is 15.9 Å². The molecule has 0 saturated heterocycles. The number of nitro groups is 1. The number of aromatic hydroxyl groups is 1. The fourth-order valence-corrected chi connectivity index (χ4v) is 4.83. The van der Waals surface area contributed by atoms with Gasteiger partial charge < -0.3 is 5.11 Å². The Morgan fingerprint density at radius 2 is 1.64 bits per heavy atom. The number of para-hydroxylation sites is 2. The molecule has 1 aliphatic heterocycles. The standard InChI is InChI=1S/C25H15BrN2O5/c1-13-11-14(26)9-10-15(13)23-16-5-4-6-17-22(16)18(12-20(23)28(32)33)25(31)27(24(17)30)19-7-2-3-8-21(19)29/h2-12,29H,1H3. The van der Waals surface area contributed by atoms with E-state index in [1.165, 1.54) is 18.2 Å². The van der Waals surface area contributed by atoms with Crippen molar-refractivity contribution in [1.82, 2.24) is 0 Å². The summed E-state index contributed by atoms with van der Waals surface area (Å²) in [6.45, 7) is 1.84. The van der Waals surface area contributed by atoms with E-state index >= 15 is 0 Å². The number of hydrogen-bond acceptors (Lipinski definition) is 5. The van der Waals surface area contributed by atoms with E-state index in [9.17, 15) is 24.8 Å². The van der Waals surface area contributed by atoms with Gasteiger partial charge in [0.1, 0.15) is 5.75 Å². The highest BCUT2D eigenvalue weighted by atomic mass is 79.9. The van der Waals surface area contributed by atoms with Crippen LogP contribution in [0.1, 0.15) is 26.3 Å². The summed E-state index contributed by atoms with van der Waals surface area (Å²) in [5.41, 5.74) is 1.84. The smallest absolute Gasteiger partial charge is 0.278 e. The molecule has 0 spiro atoms. The first kappa shape index (κ1) is 20.8. The third-order valence-electron chi connectivity index (χ3n) is 5.78. The van der Waals surface area contributed by atoms with Gasteiger partial charge in [0.05, 0.1) is 21.7 Å². The second kappa shape index (κ2) is 7.53. The van der Waals surface area contributed by atoms with Gasteiger partial charge in [-0.1, -0.05) is 46.3 Å². The molecule has 8 heteroatoms. The molecule has 4 aromatic rings. The predicted molar refractivity (Wildman–Crippen MR) is 128 cm³/mol. The molecule has 0 unspecified atom stereocenters. The Bertz CT molecular complexity index is 1530. The van der Waals surface area contributed by atoms with Crippen LogP contribution in [0.25, 0.3) is 21.9 Å². The maximum atomic E-state index is 13.5. The first-order valence-corrected chi connectivity index (χ1v) is 10.8. The van der Waals surface area contributed by atoms with Crippen molar-refractivity contribution in [3.8, 4) is 16.9 Å². The van der Waals surface area contributed by atoms with Gasteiger partial charge in [-0.3, -0.25) is 19.7 Å². The van der Waals surface area contributed by atoms with Crippen molar-refractivity contribution in [2.75, 3.05) is 4.90 Å². The molecule has 1 aliphatic rings. The molecule has 0 saturated carbocycles. The van der Waals surface area contributed by atoms with Crippen molar-refractivity contribution in [3.63, 3.8) is 0 Å². The molecule has 1 N–H and O–H groups in total. The largest absolute Gasteiger partial charge is 0.506 e. The maximum absolute atomic E-state index is 13.5. The van der Waals surface area contributed by atoms with Crippen LogP contribution in [0, 0.1) is 17.0 Å². The normalized spacial score (nSPS) is 13.0. The number of imide groups is 1. The number of aryl methyl sites for hydroxylation is 1. The van der Waals surface area contributed by atoms with Gasteiger partial charge in [-0.2, -0.15) is 0 Å². The topological polar surface area (TPSA) is 101 Å². The van der Waals surface area contributed by atoms with Gasteiger partial charge in [0.2, 0.25) is 0 Å². The lowest BCUT2D eigenvalue weighted by molar-refractivity contribution is -0.384. The monoisotopic (exact) mass is 502 g/mol. The highest BCUT2D eigenvalue weighted by molar-refractivity contribution is 9.10. The molecule has 0 fully saturated rings. The van der Waals surface area contributed by atoms with E-state index in [-0.39, 0.29) is 28.3 Å². The van der Waals surface area contributed by atoms with Crippen LogP contribution >= 0.6 is 15.9 Å². The second-order valence-corrected chi connectivity index (χ2v) is 8.61. The highest BCUT2D eigenvalue weighted by Gasteiger charge is 2.38. The molecule has 4 aromatic carbocycles. The van der Waals surface area contributed by atoms with Gasteiger partial charge in [-0.05, 0) is 53.8 Å². The zero-order valence-corrected chi connectivity index (χ0v) is 18.8. The SMILES string of the molecule is Cc1cc(Br)ccc1-c1c([N+](=O)[O-])cc2c3c(cccc13)C(=O)N(c1ccccc1O)C2=O. The van der Waals surface area contributed by atoms with Crippen LogP contribution in [-0.4, -0.2) is 21.8 Å². The fraction of sp³-hybridized carbons (Fsp3) is 0.0400. The van der Waals surface area contributed by atoms with Crippen LogP contribution in [0.2, 0.25) is 0 Å². The number of phenolic OH excluding ortho intramolecular Hbond substituents is 1. The van der Waals surface area contributed by atoms with Gasteiger partial charge in [-0.25, -0.2) is 4.90 Å². The highest BCUT2D eigenvalue weighted by Crippen LogP contribution is 2.44. The van der Waals surface area contributed by atoms with Gasteiger partial charge in [0.15, 0.2) is 0 Å². The number of amides is 2. The molecule has 0 aliphatic carbocycles. The van der Waals surface area contributed by atoms with Crippen LogP contribution in [0.4, 0.5) is 11.4 Å². The van der Waals surface area contributed by atoms with Gasteiger partial charge >= 0.3 is 0 Å². The number of halogens is 1. The molecular formula is C25H15BrN2O5.